The Hall–Kier alpha value is -3.23. The van der Waals surface area contributed by atoms with Gasteiger partial charge in [-0.1, -0.05) is 12.1 Å². The number of hydrogen-bond acceptors (Lipinski definition) is 5. The molecule has 1 aromatic carbocycles. The molecule has 4 heterocycles. The number of benzene rings is 1. The molecule has 2 saturated heterocycles. The highest BCUT2D eigenvalue weighted by Gasteiger charge is 2.42. The summed E-state index contributed by atoms with van der Waals surface area (Å²) in [4.78, 5) is 28.1. The second-order valence-corrected chi connectivity index (χ2v) is 7.27. The van der Waals surface area contributed by atoms with Gasteiger partial charge in [-0.15, -0.1) is 0 Å². The van der Waals surface area contributed by atoms with Crippen LogP contribution >= 0.6 is 0 Å². The molecule has 1 aromatic heterocycles. The lowest BCUT2D eigenvalue weighted by Crippen LogP contribution is -2.58. The van der Waals surface area contributed by atoms with Crippen LogP contribution in [0.3, 0.4) is 0 Å². The Morgan fingerprint density at radius 3 is 2.68 bits per heavy atom. The summed E-state index contributed by atoms with van der Waals surface area (Å²) >= 11 is 0. The Morgan fingerprint density at radius 1 is 1.21 bits per heavy atom. The Morgan fingerprint density at radius 2 is 1.96 bits per heavy atom. The highest BCUT2D eigenvalue weighted by Crippen LogP contribution is 2.35. The summed E-state index contributed by atoms with van der Waals surface area (Å²) < 4.78 is 13.6. The summed E-state index contributed by atoms with van der Waals surface area (Å²) in [5.41, 5.74) is 0.772. The molecule has 0 spiro atoms. The number of urea groups is 1. The van der Waals surface area contributed by atoms with Crippen LogP contribution in [-0.2, 0) is 4.79 Å². The van der Waals surface area contributed by atoms with Gasteiger partial charge in [-0.25, -0.2) is 4.79 Å². The third kappa shape index (κ3) is 2.74. The van der Waals surface area contributed by atoms with Crippen molar-refractivity contribution >= 4 is 17.6 Å². The molecular weight excluding hydrogens is 362 g/mol. The fourth-order valence-electron chi connectivity index (χ4n) is 3.76. The first kappa shape index (κ1) is 16.9. The van der Waals surface area contributed by atoms with Gasteiger partial charge in [0.25, 0.3) is 5.91 Å². The van der Waals surface area contributed by atoms with E-state index in [9.17, 15) is 9.59 Å². The molecule has 2 fully saturated rings. The summed E-state index contributed by atoms with van der Waals surface area (Å²) in [5.74, 6) is 1.18. The SMILES string of the molecule is CC1Oc2ccccc2OC1C(=O)N1CC(n2cc(N3CCNC3=O)cn2)C1. The zero-order chi connectivity index (χ0) is 19.3. The zero-order valence-electron chi connectivity index (χ0n) is 15.4. The van der Waals surface area contributed by atoms with E-state index in [-0.39, 0.29) is 24.1 Å². The maximum atomic E-state index is 12.9. The van der Waals surface area contributed by atoms with E-state index in [2.05, 4.69) is 10.4 Å². The molecule has 3 aliphatic rings. The van der Waals surface area contributed by atoms with Crippen molar-refractivity contribution in [1.82, 2.24) is 20.0 Å². The molecule has 1 N–H and O–H groups in total. The number of nitrogens with one attached hydrogen (secondary N) is 1. The molecule has 9 nitrogen and oxygen atoms in total. The van der Waals surface area contributed by atoms with Gasteiger partial charge in [-0.2, -0.15) is 5.10 Å². The van der Waals surface area contributed by atoms with Gasteiger partial charge in [0, 0.05) is 32.4 Å². The molecule has 2 atom stereocenters. The molecule has 0 bridgehead atoms. The van der Waals surface area contributed by atoms with Crippen LogP contribution in [0.5, 0.6) is 11.5 Å². The number of ether oxygens (including phenoxy) is 2. The number of nitrogens with zero attached hydrogens (tertiary/aromatic N) is 4. The van der Waals surface area contributed by atoms with Gasteiger partial charge in [0.1, 0.15) is 6.10 Å². The van der Waals surface area contributed by atoms with Crippen molar-refractivity contribution < 1.29 is 19.1 Å². The lowest BCUT2D eigenvalue weighted by Gasteiger charge is -2.42. The number of likely N-dealkylation sites (tertiary alicyclic amines) is 1. The van der Waals surface area contributed by atoms with Crippen LogP contribution in [0.15, 0.2) is 36.7 Å². The molecule has 9 heteroatoms. The number of amides is 3. The van der Waals surface area contributed by atoms with Crippen molar-refractivity contribution in [3.63, 3.8) is 0 Å². The minimum atomic E-state index is -0.655. The first-order valence-electron chi connectivity index (χ1n) is 9.41. The number of hydrogen-bond donors (Lipinski definition) is 1. The number of rotatable bonds is 3. The first-order chi connectivity index (χ1) is 13.6. The molecule has 5 rings (SSSR count). The molecule has 146 valence electrons. The summed E-state index contributed by atoms with van der Waals surface area (Å²) in [6.07, 6.45) is 2.53. The summed E-state index contributed by atoms with van der Waals surface area (Å²) in [6.45, 7) is 4.23. The Balaban J connectivity index is 1.22. The number of para-hydroxylation sites is 2. The molecule has 0 radical (unpaired) electrons. The van der Waals surface area contributed by atoms with Crippen LogP contribution in [-0.4, -0.2) is 65.0 Å². The van der Waals surface area contributed by atoms with Gasteiger partial charge >= 0.3 is 6.03 Å². The number of anilines is 1. The third-order valence-corrected chi connectivity index (χ3v) is 5.39. The monoisotopic (exact) mass is 383 g/mol. The zero-order valence-corrected chi connectivity index (χ0v) is 15.4. The highest BCUT2D eigenvalue weighted by atomic mass is 16.6. The van der Waals surface area contributed by atoms with Crippen LogP contribution in [0, 0.1) is 0 Å². The van der Waals surface area contributed by atoms with Gasteiger partial charge in [-0.05, 0) is 19.1 Å². The van der Waals surface area contributed by atoms with Crippen molar-refractivity contribution in [2.75, 3.05) is 31.1 Å². The Kier molecular flexibility index (Phi) is 3.88. The van der Waals surface area contributed by atoms with E-state index in [0.717, 1.165) is 5.69 Å². The van der Waals surface area contributed by atoms with Crippen LogP contribution in [0.2, 0.25) is 0 Å². The van der Waals surface area contributed by atoms with E-state index >= 15 is 0 Å². The van der Waals surface area contributed by atoms with E-state index in [1.165, 1.54) is 0 Å². The number of fused-ring (bicyclic) bond motifs is 1. The number of carbonyl (C=O) groups excluding carboxylic acids is 2. The fourth-order valence-corrected chi connectivity index (χ4v) is 3.76. The second kappa shape index (κ2) is 6.43. The van der Waals surface area contributed by atoms with Crippen molar-refractivity contribution in [3.8, 4) is 11.5 Å². The molecule has 3 aliphatic heterocycles. The van der Waals surface area contributed by atoms with Gasteiger partial charge < -0.3 is 19.7 Å². The van der Waals surface area contributed by atoms with Crippen LogP contribution < -0.4 is 19.7 Å². The number of carbonyl (C=O) groups is 2. The molecular formula is C19H21N5O4. The maximum Gasteiger partial charge on any atom is 0.322 e. The van der Waals surface area contributed by atoms with Gasteiger partial charge in [0.2, 0.25) is 6.10 Å². The average molecular weight is 383 g/mol. The summed E-state index contributed by atoms with van der Waals surface area (Å²) in [5, 5.41) is 7.14. The van der Waals surface area contributed by atoms with Gasteiger partial charge in [0.15, 0.2) is 11.5 Å². The van der Waals surface area contributed by atoms with E-state index in [1.807, 2.05) is 36.0 Å². The quantitative estimate of drug-likeness (QED) is 0.855. The highest BCUT2D eigenvalue weighted by molar-refractivity contribution is 5.93. The minimum absolute atomic E-state index is 0.0791. The van der Waals surface area contributed by atoms with Gasteiger partial charge in [-0.3, -0.25) is 14.4 Å². The third-order valence-electron chi connectivity index (χ3n) is 5.39. The average Bonchev–Trinajstić information content (AvgIpc) is 3.28. The van der Waals surface area contributed by atoms with Crippen molar-refractivity contribution in [1.29, 1.82) is 0 Å². The fraction of sp³-hybridized carbons (Fsp3) is 0.421. The normalized spacial score (nSPS) is 24.1. The smallest absolute Gasteiger partial charge is 0.322 e. The molecule has 28 heavy (non-hydrogen) atoms. The van der Waals surface area contributed by atoms with E-state index in [0.29, 0.717) is 37.7 Å². The van der Waals surface area contributed by atoms with Crippen LogP contribution in [0.4, 0.5) is 10.5 Å². The van der Waals surface area contributed by atoms with E-state index in [4.69, 9.17) is 9.47 Å². The lowest BCUT2D eigenvalue weighted by atomic mass is 10.1. The van der Waals surface area contributed by atoms with Crippen molar-refractivity contribution in [2.24, 2.45) is 0 Å². The van der Waals surface area contributed by atoms with Crippen LogP contribution in [0.25, 0.3) is 0 Å². The Labute approximate surface area is 161 Å². The molecule has 2 unspecified atom stereocenters. The Bertz CT molecular complexity index is 923. The lowest BCUT2D eigenvalue weighted by molar-refractivity contribution is -0.150. The molecule has 3 amide bonds. The van der Waals surface area contributed by atoms with E-state index < -0.39 is 6.10 Å². The summed E-state index contributed by atoms with van der Waals surface area (Å²) in [7, 11) is 0. The topological polar surface area (TPSA) is 88.9 Å². The summed E-state index contributed by atoms with van der Waals surface area (Å²) in [6, 6.07) is 7.36. The number of aromatic nitrogens is 2. The molecule has 0 aliphatic carbocycles. The molecule has 0 saturated carbocycles. The second-order valence-electron chi connectivity index (χ2n) is 7.27. The predicted octanol–water partition coefficient (Wildman–Crippen LogP) is 1.02. The van der Waals surface area contributed by atoms with E-state index in [1.54, 1.807) is 22.1 Å². The van der Waals surface area contributed by atoms with Crippen molar-refractivity contribution in [3.05, 3.63) is 36.7 Å². The van der Waals surface area contributed by atoms with Crippen LogP contribution in [0.1, 0.15) is 13.0 Å². The maximum absolute atomic E-state index is 12.9. The standard InChI is InChI=1S/C19H21N5O4/c1-12-17(28-16-5-3-2-4-15(16)27-12)18(25)22-9-14(10-22)24-11-13(8-21-24)23-7-6-20-19(23)26/h2-5,8,11-12,14,17H,6-7,9-10H2,1H3,(H,20,26). The minimum Gasteiger partial charge on any atom is -0.482 e. The van der Waals surface area contributed by atoms with Crippen molar-refractivity contribution in [2.45, 2.75) is 25.2 Å². The van der Waals surface area contributed by atoms with Gasteiger partial charge in [0.05, 0.1) is 17.9 Å². The molecule has 2 aromatic rings. The first-order valence-corrected chi connectivity index (χ1v) is 9.41. The predicted molar refractivity (Wildman–Crippen MR) is 99.5 cm³/mol. The largest absolute Gasteiger partial charge is 0.482 e.